The second-order valence-electron chi connectivity index (χ2n) is 2.71. The first-order valence-electron chi connectivity index (χ1n) is 4.85. The molecule has 3 heteroatoms. The second kappa shape index (κ2) is 5.10. The predicted molar refractivity (Wildman–Crippen MR) is 60.1 cm³/mol. The summed E-state index contributed by atoms with van der Waals surface area (Å²) in [5.74, 6) is -0.940. The molecule has 0 aliphatic rings. The highest BCUT2D eigenvalue weighted by atomic mass is 16.4. The first-order chi connectivity index (χ1) is 7.29. The minimum atomic E-state index is -0.940. The quantitative estimate of drug-likeness (QED) is 0.775. The molecule has 15 heavy (non-hydrogen) atoms. The molecule has 3 nitrogen and oxygen atoms in total. The first-order valence-corrected chi connectivity index (χ1v) is 4.85. The Kier molecular flexibility index (Phi) is 3.80. The molecule has 0 amide bonds. The third-order valence-corrected chi connectivity index (χ3v) is 1.90. The van der Waals surface area contributed by atoms with Gasteiger partial charge in [0.15, 0.2) is 0 Å². The van der Waals surface area contributed by atoms with Gasteiger partial charge in [-0.25, -0.2) is 4.79 Å². The molecule has 1 aromatic heterocycles. The number of benzene rings is 1. The minimum Gasteiger partial charge on any atom is -0.478 e. The summed E-state index contributed by atoms with van der Waals surface area (Å²) in [6, 6.07) is 7.29. The van der Waals surface area contributed by atoms with Crippen LogP contribution in [0.25, 0.3) is 10.8 Å². The highest BCUT2D eigenvalue weighted by Crippen LogP contribution is 2.16. The van der Waals surface area contributed by atoms with Crippen LogP contribution in [0.1, 0.15) is 24.2 Å². The number of nitrogens with zero attached hydrogens (tertiary/aromatic N) is 1. The molecule has 0 saturated heterocycles. The minimum absolute atomic E-state index is 0.248. The van der Waals surface area contributed by atoms with Gasteiger partial charge in [0.1, 0.15) is 0 Å². The average Bonchev–Trinajstić information content (AvgIpc) is 2.31. The van der Waals surface area contributed by atoms with Crippen molar-refractivity contribution in [1.82, 2.24) is 4.98 Å². The second-order valence-corrected chi connectivity index (χ2v) is 2.71. The zero-order chi connectivity index (χ0) is 11.3. The van der Waals surface area contributed by atoms with Crippen LogP contribution in [0.15, 0.2) is 36.7 Å². The Morgan fingerprint density at radius 2 is 1.87 bits per heavy atom. The Morgan fingerprint density at radius 3 is 2.53 bits per heavy atom. The standard InChI is InChI=1S/C10H7NO2.C2H6/c12-10(13)9-6-11-5-7-3-1-2-4-8(7)9;1-2/h1-6H,(H,12,13);1-2H3. The molecule has 78 valence electrons. The number of carboxylic acids is 1. The molecule has 1 N–H and O–H groups in total. The van der Waals surface area contributed by atoms with Crippen molar-refractivity contribution >= 4 is 16.7 Å². The SMILES string of the molecule is CC.O=C(O)c1cncc2ccccc12. The smallest absolute Gasteiger partial charge is 0.337 e. The van der Waals surface area contributed by atoms with Gasteiger partial charge >= 0.3 is 5.97 Å². The van der Waals surface area contributed by atoms with Crippen molar-refractivity contribution in [2.24, 2.45) is 0 Å². The predicted octanol–water partition coefficient (Wildman–Crippen LogP) is 2.96. The van der Waals surface area contributed by atoms with E-state index in [0.29, 0.717) is 0 Å². The van der Waals surface area contributed by atoms with Crippen LogP contribution in [0, 0.1) is 0 Å². The van der Waals surface area contributed by atoms with Crippen LogP contribution in [0.5, 0.6) is 0 Å². The van der Waals surface area contributed by atoms with Crippen LogP contribution in [-0.4, -0.2) is 16.1 Å². The summed E-state index contributed by atoms with van der Waals surface area (Å²) >= 11 is 0. The van der Waals surface area contributed by atoms with E-state index in [1.807, 2.05) is 32.0 Å². The van der Waals surface area contributed by atoms with Crippen LogP contribution in [0.2, 0.25) is 0 Å². The summed E-state index contributed by atoms with van der Waals surface area (Å²) in [7, 11) is 0. The molecule has 2 rings (SSSR count). The van der Waals surface area contributed by atoms with Gasteiger partial charge in [0.2, 0.25) is 0 Å². The van der Waals surface area contributed by atoms with E-state index in [4.69, 9.17) is 5.11 Å². The van der Waals surface area contributed by atoms with E-state index < -0.39 is 5.97 Å². The molecule has 0 spiro atoms. The molecule has 0 fully saturated rings. The third-order valence-electron chi connectivity index (χ3n) is 1.90. The molecular weight excluding hydrogens is 190 g/mol. The number of carbonyl (C=O) groups is 1. The summed E-state index contributed by atoms with van der Waals surface area (Å²) in [6.07, 6.45) is 3.02. The van der Waals surface area contributed by atoms with E-state index in [1.54, 1.807) is 12.3 Å². The average molecular weight is 203 g/mol. The molecule has 0 bridgehead atoms. The van der Waals surface area contributed by atoms with E-state index in [1.165, 1.54) is 6.20 Å². The van der Waals surface area contributed by atoms with Crippen molar-refractivity contribution in [1.29, 1.82) is 0 Å². The van der Waals surface area contributed by atoms with Crippen LogP contribution >= 0.6 is 0 Å². The van der Waals surface area contributed by atoms with Crippen molar-refractivity contribution in [2.75, 3.05) is 0 Å². The van der Waals surface area contributed by atoms with E-state index in [-0.39, 0.29) is 5.56 Å². The van der Waals surface area contributed by atoms with Crippen molar-refractivity contribution in [2.45, 2.75) is 13.8 Å². The number of fused-ring (bicyclic) bond motifs is 1. The first kappa shape index (κ1) is 11.2. The Labute approximate surface area is 88.4 Å². The molecule has 2 aromatic rings. The van der Waals surface area contributed by atoms with E-state index in [0.717, 1.165) is 10.8 Å². The fourth-order valence-electron chi connectivity index (χ4n) is 1.29. The van der Waals surface area contributed by atoms with Crippen LogP contribution in [-0.2, 0) is 0 Å². The maximum absolute atomic E-state index is 10.8. The number of pyridine rings is 1. The van der Waals surface area contributed by atoms with Gasteiger partial charge < -0.3 is 5.11 Å². The van der Waals surface area contributed by atoms with Gasteiger partial charge in [0.25, 0.3) is 0 Å². The normalized spacial score (nSPS) is 9.20. The molecule has 0 aliphatic carbocycles. The van der Waals surface area contributed by atoms with Crippen molar-refractivity contribution in [3.8, 4) is 0 Å². The van der Waals surface area contributed by atoms with Gasteiger partial charge in [0, 0.05) is 17.8 Å². The van der Waals surface area contributed by atoms with Crippen LogP contribution < -0.4 is 0 Å². The highest BCUT2D eigenvalue weighted by molar-refractivity contribution is 6.02. The molecule has 1 heterocycles. The van der Waals surface area contributed by atoms with Gasteiger partial charge in [-0.3, -0.25) is 4.98 Å². The monoisotopic (exact) mass is 203 g/mol. The maximum atomic E-state index is 10.8. The molecule has 0 aliphatic heterocycles. The summed E-state index contributed by atoms with van der Waals surface area (Å²) in [5, 5.41) is 10.4. The number of aromatic nitrogens is 1. The summed E-state index contributed by atoms with van der Waals surface area (Å²) in [4.78, 5) is 14.6. The van der Waals surface area contributed by atoms with E-state index >= 15 is 0 Å². The lowest BCUT2D eigenvalue weighted by atomic mass is 10.1. The number of hydrogen-bond donors (Lipinski definition) is 1. The Morgan fingerprint density at radius 1 is 1.20 bits per heavy atom. The lowest BCUT2D eigenvalue weighted by Crippen LogP contribution is -1.97. The number of aromatic carboxylic acids is 1. The van der Waals surface area contributed by atoms with Gasteiger partial charge in [-0.05, 0) is 5.39 Å². The lowest BCUT2D eigenvalue weighted by molar-refractivity contribution is 0.0698. The lowest BCUT2D eigenvalue weighted by Gasteiger charge is -1.99. The third kappa shape index (κ3) is 2.31. The molecule has 1 aromatic carbocycles. The Bertz CT molecular complexity index is 461. The fraction of sp³-hybridized carbons (Fsp3) is 0.167. The maximum Gasteiger partial charge on any atom is 0.337 e. The largest absolute Gasteiger partial charge is 0.478 e. The summed E-state index contributed by atoms with van der Waals surface area (Å²) < 4.78 is 0. The molecule has 0 atom stereocenters. The van der Waals surface area contributed by atoms with Crippen LogP contribution in [0.3, 0.4) is 0 Å². The van der Waals surface area contributed by atoms with Crippen molar-refractivity contribution in [3.05, 3.63) is 42.2 Å². The number of hydrogen-bond acceptors (Lipinski definition) is 2. The summed E-state index contributed by atoms with van der Waals surface area (Å²) in [6.45, 7) is 4.00. The topological polar surface area (TPSA) is 50.2 Å². The van der Waals surface area contributed by atoms with E-state index in [9.17, 15) is 4.79 Å². The Hall–Kier alpha value is -1.90. The zero-order valence-electron chi connectivity index (χ0n) is 8.77. The zero-order valence-corrected chi connectivity index (χ0v) is 8.77. The van der Waals surface area contributed by atoms with Gasteiger partial charge in [-0.2, -0.15) is 0 Å². The molecule has 0 unspecified atom stereocenters. The highest BCUT2D eigenvalue weighted by Gasteiger charge is 2.06. The molecule has 0 radical (unpaired) electrons. The van der Waals surface area contributed by atoms with Crippen molar-refractivity contribution in [3.63, 3.8) is 0 Å². The van der Waals surface area contributed by atoms with Gasteiger partial charge in [-0.15, -0.1) is 0 Å². The van der Waals surface area contributed by atoms with Crippen LogP contribution in [0.4, 0.5) is 0 Å². The van der Waals surface area contributed by atoms with Crippen molar-refractivity contribution < 1.29 is 9.90 Å². The summed E-state index contributed by atoms with van der Waals surface area (Å²) in [5.41, 5.74) is 0.248. The molecule has 0 saturated carbocycles. The number of rotatable bonds is 1. The van der Waals surface area contributed by atoms with E-state index in [2.05, 4.69) is 4.98 Å². The van der Waals surface area contributed by atoms with Gasteiger partial charge in [0.05, 0.1) is 5.56 Å². The number of carboxylic acid groups (broad SMARTS) is 1. The fourth-order valence-corrected chi connectivity index (χ4v) is 1.29. The Balaban J connectivity index is 0.000000531. The molecular formula is C12H13NO2. The van der Waals surface area contributed by atoms with Gasteiger partial charge in [-0.1, -0.05) is 38.1 Å².